The lowest BCUT2D eigenvalue weighted by molar-refractivity contribution is -0.150. The molecule has 1 aliphatic rings. The Balaban J connectivity index is 1.55. The van der Waals surface area contributed by atoms with Crippen molar-refractivity contribution in [2.45, 2.75) is 25.8 Å². The van der Waals surface area contributed by atoms with Gasteiger partial charge in [-0.05, 0) is 56.1 Å². The zero-order chi connectivity index (χ0) is 22.9. The Bertz CT molecular complexity index is 1270. The smallest absolute Gasteiger partial charge is 0.310 e. The van der Waals surface area contributed by atoms with Gasteiger partial charge in [0.15, 0.2) is 5.76 Å². The highest BCUT2D eigenvalue weighted by atomic mass is 79.9. The second-order valence-corrected chi connectivity index (χ2v) is 9.87. The van der Waals surface area contributed by atoms with Gasteiger partial charge in [-0.25, -0.2) is 0 Å². The molecule has 4 heterocycles. The molecule has 1 N–H and O–H groups in total. The molecule has 0 amide bonds. The molecular weight excluding hydrogens is 508 g/mol. The van der Waals surface area contributed by atoms with E-state index in [1.165, 1.54) is 15.9 Å². The van der Waals surface area contributed by atoms with Crippen molar-refractivity contribution in [1.82, 2.24) is 19.5 Å². The van der Waals surface area contributed by atoms with Gasteiger partial charge in [0.25, 0.3) is 0 Å². The van der Waals surface area contributed by atoms with Crippen LogP contribution in [0.1, 0.15) is 36.2 Å². The Hall–Kier alpha value is -2.69. The Morgan fingerprint density at radius 1 is 1.39 bits per heavy atom. The molecular formula is C23H23BrN4O4S. The third kappa shape index (κ3) is 4.30. The van der Waals surface area contributed by atoms with Crippen molar-refractivity contribution >= 4 is 38.2 Å². The van der Waals surface area contributed by atoms with Gasteiger partial charge >= 0.3 is 5.97 Å². The van der Waals surface area contributed by atoms with Crippen LogP contribution in [0.5, 0.6) is 5.88 Å². The third-order valence-electron chi connectivity index (χ3n) is 5.79. The average molecular weight is 531 g/mol. The summed E-state index contributed by atoms with van der Waals surface area (Å²) in [5.41, 5.74) is 1.01. The monoisotopic (exact) mass is 530 g/mol. The fourth-order valence-electron chi connectivity index (χ4n) is 4.34. The highest BCUT2D eigenvalue weighted by Gasteiger charge is 2.35. The summed E-state index contributed by atoms with van der Waals surface area (Å²) >= 11 is 4.96. The molecule has 1 saturated heterocycles. The first-order chi connectivity index (χ1) is 16.0. The molecule has 0 aliphatic carbocycles. The molecule has 2 atom stereocenters. The van der Waals surface area contributed by atoms with Gasteiger partial charge in [-0.2, -0.15) is 9.50 Å². The van der Waals surface area contributed by atoms with Crippen LogP contribution in [0.2, 0.25) is 0 Å². The van der Waals surface area contributed by atoms with Crippen LogP contribution in [0, 0.1) is 5.92 Å². The number of carbonyl (C=O) groups is 1. The number of hydrogen-bond acceptors (Lipinski definition) is 8. The minimum absolute atomic E-state index is 0.0449. The van der Waals surface area contributed by atoms with E-state index >= 15 is 0 Å². The first-order valence-corrected chi connectivity index (χ1v) is 12.4. The topological polar surface area (TPSA) is 93.1 Å². The van der Waals surface area contributed by atoms with Crippen molar-refractivity contribution in [3.63, 3.8) is 0 Å². The van der Waals surface area contributed by atoms with E-state index in [2.05, 4.69) is 30.9 Å². The number of rotatable bonds is 6. The van der Waals surface area contributed by atoms with E-state index in [0.29, 0.717) is 29.7 Å². The number of halogens is 1. The number of fused-ring (bicyclic) bond motifs is 1. The van der Waals surface area contributed by atoms with Gasteiger partial charge in [0.05, 0.1) is 29.7 Å². The van der Waals surface area contributed by atoms with Crippen molar-refractivity contribution in [3.8, 4) is 17.5 Å². The number of aromatic hydroxyl groups is 1. The molecule has 1 aliphatic heterocycles. The quantitative estimate of drug-likeness (QED) is 0.355. The summed E-state index contributed by atoms with van der Waals surface area (Å²) in [4.78, 5) is 20.6. The molecule has 3 aromatic heterocycles. The lowest BCUT2D eigenvalue weighted by atomic mass is 9.94. The van der Waals surface area contributed by atoms with Crippen molar-refractivity contribution in [1.29, 1.82) is 0 Å². The number of furan rings is 1. The Morgan fingerprint density at radius 3 is 3.00 bits per heavy atom. The SMILES string of the molecule is CCOC(=O)[C@H]1CCCN([C@@H](c2cccc(Br)c2)c2sc3nc(-c4ccco4)nn3c2O)C1. The number of thiazole rings is 1. The number of esters is 1. The number of aromatic nitrogens is 3. The summed E-state index contributed by atoms with van der Waals surface area (Å²) in [5, 5.41) is 15.7. The minimum atomic E-state index is -0.250. The van der Waals surface area contributed by atoms with Crippen LogP contribution < -0.4 is 0 Å². The second kappa shape index (κ2) is 9.28. The fourth-order valence-corrected chi connectivity index (χ4v) is 5.87. The van der Waals surface area contributed by atoms with Gasteiger partial charge in [0, 0.05) is 11.0 Å². The summed E-state index contributed by atoms with van der Waals surface area (Å²) < 4.78 is 13.1. The van der Waals surface area contributed by atoms with Gasteiger partial charge < -0.3 is 14.3 Å². The van der Waals surface area contributed by atoms with E-state index in [1.807, 2.05) is 31.2 Å². The van der Waals surface area contributed by atoms with E-state index in [4.69, 9.17) is 9.15 Å². The van der Waals surface area contributed by atoms with E-state index in [0.717, 1.165) is 34.3 Å². The van der Waals surface area contributed by atoms with Crippen molar-refractivity contribution in [2.75, 3.05) is 19.7 Å². The maximum absolute atomic E-state index is 12.5. The number of hydrogen-bond donors (Lipinski definition) is 1. The van der Waals surface area contributed by atoms with Crippen LogP contribution in [0.3, 0.4) is 0 Å². The molecule has 0 spiro atoms. The van der Waals surface area contributed by atoms with Gasteiger partial charge in [-0.15, -0.1) is 5.10 Å². The molecule has 0 bridgehead atoms. The first-order valence-electron chi connectivity index (χ1n) is 10.8. The van der Waals surface area contributed by atoms with Crippen LogP contribution >= 0.6 is 27.3 Å². The van der Waals surface area contributed by atoms with Gasteiger partial charge in [0.1, 0.15) is 0 Å². The van der Waals surface area contributed by atoms with Crippen LogP contribution in [0.15, 0.2) is 51.6 Å². The zero-order valence-electron chi connectivity index (χ0n) is 18.0. The van der Waals surface area contributed by atoms with E-state index in [-0.39, 0.29) is 23.8 Å². The van der Waals surface area contributed by atoms with Crippen molar-refractivity contribution < 1.29 is 19.1 Å². The Labute approximate surface area is 202 Å². The molecule has 10 heteroatoms. The van der Waals surface area contributed by atoms with E-state index in [1.54, 1.807) is 18.4 Å². The fraction of sp³-hybridized carbons (Fsp3) is 0.348. The van der Waals surface area contributed by atoms with E-state index < -0.39 is 0 Å². The van der Waals surface area contributed by atoms with Gasteiger partial charge in [-0.1, -0.05) is 39.4 Å². The number of likely N-dealkylation sites (tertiary alicyclic amines) is 1. The summed E-state index contributed by atoms with van der Waals surface area (Å²) in [6.45, 7) is 3.56. The second-order valence-electron chi connectivity index (χ2n) is 7.94. The molecule has 0 saturated carbocycles. The molecule has 0 unspecified atom stereocenters. The summed E-state index contributed by atoms with van der Waals surface area (Å²) in [6, 6.07) is 11.3. The highest BCUT2D eigenvalue weighted by Crippen LogP contribution is 2.42. The average Bonchev–Trinajstić information content (AvgIpc) is 3.54. The predicted molar refractivity (Wildman–Crippen MR) is 127 cm³/mol. The Morgan fingerprint density at radius 2 is 2.27 bits per heavy atom. The number of ether oxygens (including phenoxy) is 1. The van der Waals surface area contributed by atoms with Crippen LogP contribution in [-0.2, 0) is 9.53 Å². The van der Waals surface area contributed by atoms with Crippen LogP contribution in [0.25, 0.3) is 16.5 Å². The Kier molecular flexibility index (Phi) is 6.22. The zero-order valence-corrected chi connectivity index (χ0v) is 20.4. The number of nitrogens with zero attached hydrogens (tertiary/aromatic N) is 4. The molecule has 1 aromatic carbocycles. The maximum atomic E-state index is 12.5. The van der Waals surface area contributed by atoms with Crippen molar-refractivity contribution in [2.24, 2.45) is 5.92 Å². The highest BCUT2D eigenvalue weighted by molar-refractivity contribution is 9.10. The number of benzene rings is 1. The number of piperidine rings is 1. The predicted octanol–water partition coefficient (Wildman–Crippen LogP) is 4.88. The summed E-state index contributed by atoms with van der Waals surface area (Å²) in [6.07, 6.45) is 3.24. The lowest BCUT2D eigenvalue weighted by Gasteiger charge is -2.37. The van der Waals surface area contributed by atoms with E-state index in [9.17, 15) is 9.90 Å². The molecule has 4 aromatic rings. The van der Waals surface area contributed by atoms with Crippen LogP contribution in [-0.4, -0.2) is 50.3 Å². The van der Waals surface area contributed by atoms with Crippen molar-refractivity contribution in [3.05, 3.63) is 57.6 Å². The van der Waals surface area contributed by atoms with Gasteiger partial charge in [0.2, 0.25) is 16.7 Å². The minimum Gasteiger partial charge on any atom is -0.492 e. The molecule has 8 nitrogen and oxygen atoms in total. The third-order valence-corrected chi connectivity index (χ3v) is 7.36. The lowest BCUT2D eigenvalue weighted by Crippen LogP contribution is -2.41. The molecule has 5 rings (SSSR count). The summed E-state index contributed by atoms with van der Waals surface area (Å²) in [5.74, 6) is 0.660. The standard InChI is InChI=1S/C23H23BrN4O4S/c1-2-31-22(30)15-7-4-10-27(13-15)18(14-6-3-8-16(24)12-14)19-21(29)28-23(33-19)25-20(26-28)17-9-5-11-32-17/h3,5-6,8-9,11-12,15,18,29H,2,4,7,10,13H2,1H3/t15-,18-/m0/s1. The molecule has 172 valence electrons. The maximum Gasteiger partial charge on any atom is 0.310 e. The number of carbonyl (C=O) groups excluding carboxylic acids is 1. The molecule has 33 heavy (non-hydrogen) atoms. The molecule has 1 fully saturated rings. The largest absolute Gasteiger partial charge is 0.492 e. The summed E-state index contributed by atoms with van der Waals surface area (Å²) in [7, 11) is 0. The molecule has 0 radical (unpaired) electrons. The van der Waals surface area contributed by atoms with Gasteiger partial charge in [-0.3, -0.25) is 9.69 Å². The van der Waals surface area contributed by atoms with Crippen LogP contribution in [0.4, 0.5) is 0 Å². The first kappa shape index (κ1) is 22.1. The normalized spacial score (nSPS) is 17.9.